The maximum Gasteiger partial charge on any atom is 0.214 e. The topological polar surface area (TPSA) is 69.8 Å². The first-order chi connectivity index (χ1) is 7.29. The number of benzene rings is 1. The first-order valence-electron chi connectivity index (χ1n) is 4.31. The van der Waals surface area contributed by atoms with E-state index in [1.165, 1.54) is 12.4 Å². The monoisotopic (exact) mass is 197 g/mol. The number of aromatic hydroxyl groups is 1. The van der Waals surface area contributed by atoms with Crippen molar-refractivity contribution in [3.63, 3.8) is 0 Å². The van der Waals surface area contributed by atoms with Crippen molar-refractivity contribution in [3.05, 3.63) is 42.2 Å². The molecule has 0 aliphatic rings. The summed E-state index contributed by atoms with van der Waals surface area (Å²) in [7, 11) is 0. The summed E-state index contributed by atoms with van der Waals surface area (Å²) in [5, 5.41) is 17.9. The lowest BCUT2D eigenvalue weighted by molar-refractivity contribution is 0.452. The fourth-order valence-electron chi connectivity index (χ4n) is 1.25. The Kier molecular flexibility index (Phi) is 2.30. The number of nitrogens with zero attached hydrogens (tertiary/aromatic N) is 3. The zero-order valence-electron chi connectivity index (χ0n) is 7.75. The summed E-state index contributed by atoms with van der Waals surface area (Å²) in [5.74, 6) is -0.0811. The van der Waals surface area contributed by atoms with E-state index < -0.39 is 0 Å². The second-order valence-electron chi connectivity index (χ2n) is 2.95. The SMILES string of the molecule is N#Cc1cccc(-c2cc(O)ncn2)c1. The number of rotatable bonds is 1. The molecule has 4 nitrogen and oxygen atoms in total. The van der Waals surface area contributed by atoms with Crippen molar-refractivity contribution in [2.45, 2.75) is 0 Å². The van der Waals surface area contributed by atoms with Crippen molar-refractivity contribution in [2.75, 3.05) is 0 Å². The zero-order chi connectivity index (χ0) is 10.7. The van der Waals surface area contributed by atoms with E-state index in [0.717, 1.165) is 5.56 Å². The van der Waals surface area contributed by atoms with Gasteiger partial charge in [0.05, 0.1) is 17.3 Å². The Bertz CT molecular complexity index is 531. The first-order valence-corrected chi connectivity index (χ1v) is 4.31. The number of nitriles is 1. The van der Waals surface area contributed by atoms with Crippen LogP contribution in [-0.2, 0) is 0 Å². The molecule has 0 aliphatic carbocycles. The lowest BCUT2D eigenvalue weighted by Gasteiger charge is -2.00. The van der Waals surface area contributed by atoms with Crippen LogP contribution >= 0.6 is 0 Å². The average Bonchev–Trinajstić information content (AvgIpc) is 2.29. The Labute approximate surface area is 86.5 Å². The van der Waals surface area contributed by atoms with E-state index in [-0.39, 0.29) is 5.88 Å². The predicted octanol–water partition coefficient (Wildman–Crippen LogP) is 1.72. The van der Waals surface area contributed by atoms with Gasteiger partial charge in [-0.15, -0.1) is 0 Å². The Balaban J connectivity index is 2.50. The Morgan fingerprint density at radius 3 is 2.80 bits per heavy atom. The normalized spacial score (nSPS) is 9.53. The third kappa shape index (κ3) is 1.92. The minimum absolute atomic E-state index is 0.0811. The second kappa shape index (κ2) is 3.76. The number of aromatic nitrogens is 2. The molecule has 2 rings (SSSR count). The van der Waals surface area contributed by atoms with Gasteiger partial charge in [0.2, 0.25) is 5.88 Å². The highest BCUT2D eigenvalue weighted by atomic mass is 16.3. The molecule has 0 spiro atoms. The highest BCUT2D eigenvalue weighted by Crippen LogP contribution is 2.19. The van der Waals surface area contributed by atoms with Crippen molar-refractivity contribution in [1.82, 2.24) is 9.97 Å². The van der Waals surface area contributed by atoms with Crippen LogP contribution in [0.25, 0.3) is 11.3 Å². The summed E-state index contributed by atoms with van der Waals surface area (Å²) in [6.45, 7) is 0. The molecule has 0 radical (unpaired) electrons. The molecular formula is C11H7N3O. The van der Waals surface area contributed by atoms with Crippen molar-refractivity contribution < 1.29 is 5.11 Å². The van der Waals surface area contributed by atoms with E-state index in [1.807, 2.05) is 12.1 Å². The van der Waals surface area contributed by atoms with Gasteiger partial charge < -0.3 is 5.11 Å². The molecule has 1 heterocycles. The minimum atomic E-state index is -0.0811. The maximum absolute atomic E-state index is 9.18. The van der Waals surface area contributed by atoms with Crippen LogP contribution in [0.15, 0.2) is 36.7 Å². The van der Waals surface area contributed by atoms with Crippen molar-refractivity contribution >= 4 is 0 Å². The highest BCUT2D eigenvalue weighted by molar-refractivity contribution is 5.61. The molecule has 4 heteroatoms. The van der Waals surface area contributed by atoms with E-state index in [9.17, 15) is 5.11 Å². The van der Waals surface area contributed by atoms with Crippen LogP contribution in [-0.4, -0.2) is 15.1 Å². The van der Waals surface area contributed by atoms with Crippen LogP contribution in [0.4, 0.5) is 0 Å². The standard InChI is InChI=1S/C11H7N3O/c12-6-8-2-1-3-9(4-8)10-5-11(15)14-7-13-10/h1-5,7H,(H,13,14,15). The van der Waals surface area contributed by atoms with Gasteiger partial charge in [-0.05, 0) is 12.1 Å². The van der Waals surface area contributed by atoms with E-state index in [4.69, 9.17) is 5.26 Å². The van der Waals surface area contributed by atoms with Gasteiger partial charge in [0, 0.05) is 11.6 Å². The molecule has 0 unspecified atom stereocenters. The summed E-state index contributed by atoms with van der Waals surface area (Å²) in [4.78, 5) is 7.59. The molecule has 2 aromatic rings. The summed E-state index contributed by atoms with van der Waals surface area (Å²) in [6, 6.07) is 10.5. The van der Waals surface area contributed by atoms with Gasteiger partial charge in [-0.25, -0.2) is 9.97 Å². The molecule has 0 fully saturated rings. The first kappa shape index (κ1) is 9.16. The molecule has 0 aliphatic heterocycles. The van der Waals surface area contributed by atoms with Crippen LogP contribution in [0.1, 0.15) is 5.56 Å². The van der Waals surface area contributed by atoms with Crippen LogP contribution in [0, 0.1) is 11.3 Å². The second-order valence-corrected chi connectivity index (χ2v) is 2.95. The lowest BCUT2D eigenvalue weighted by atomic mass is 10.1. The number of hydrogen-bond acceptors (Lipinski definition) is 4. The summed E-state index contributed by atoms with van der Waals surface area (Å²) in [6.07, 6.45) is 1.28. The maximum atomic E-state index is 9.18. The average molecular weight is 197 g/mol. The largest absolute Gasteiger partial charge is 0.493 e. The fraction of sp³-hybridized carbons (Fsp3) is 0. The third-order valence-corrected chi connectivity index (χ3v) is 1.94. The lowest BCUT2D eigenvalue weighted by Crippen LogP contribution is -1.85. The van der Waals surface area contributed by atoms with Gasteiger partial charge in [-0.2, -0.15) is 5.26 Å². The third-order valence-electron chi connectivity index (χ3n) is 1.94. The van der Waals surface area contributed by atoms with E-state index in [1.54, 1.807) is 18.2 Å². The molecule has 0 atom stereocenters. The molecule has 0 bridgehead atoms. The Morgan fingerprint density at radius 1 is 1.20 bits per heavy atom. The summed E-state index contributed by atoms with van der Waals surface area (Å²) in [5.41, 5.74) is 1.94. The van der Waals surface area contributed by atoms with Crippen molar-refractivity contribution in [2.24, 2.45) is 0 Å². The zero-order valence-corrected chi connectivity index (χ0v) is 7.75. The molecule has 1 N–H and O–H groups in total. The quantitative estimate of drug-likeness (QED) is 0.755. The van der Waals surface area contributed by atoms with Crippen LogP contribution in [0.5, 0.6) is 5.88 Å². The molecule has 0 saturated carbocycles. The molecule has 15 heavy (non-hydrogen) atoms. The van der Waals surface area contributed by atoms with E-state index in [0.29, 0.717) is 11.3 Å². The predicted molar refractivity (Wildman–Crippen MR) is 53.8 cm³/mol. The molecule has 1 aromatic heterocycles. The van der Waals surface area contributed by atoms with E-state index >= 15 is 0 Å². The van der Waals surface area contributed by atoms with Gasteiger partial charge in [-0.3, -0.25) is 0 Å². The van der Waals surface area contributed by atoms with Crippen LogP contribution in [0.3, 0.4) is 0 Å². The van der Waals surface area contributed by atoms with Gasteiger partial charge >= 0.3 is 0 Å². The van der Waals surface area contributed by atoms with Gasteiger partial charge in [-0.1, -0.05) is 12.1 Å². The van der Waals surface area contributed by atoms with Gasteiger partial charge in [0.25, 0.3) is 0 Å². The van der Waals surface area contributed by atoms with Gasteiger partial charge in [0.15, 0.2) is 0 Å². The molecule has 72 valence electrons. The molecular weight excluding hydrogens is 190 g/mol. The highest BCUT2D eigenvalue weighted by Gasteiger charge is 2.01. The van der Waals surface area contributed by atoms with Crippen LogP contribution < -0.4 is 0 Å². The summed E-state index contributed by atoms with van der Waals surface area (Å²) >= 11 is 0. The molecule has 0 saturated heterocycles. The Morgan fingerprint density at radius 2 is 2.07 bits per heavy atom. The van der Waals surface area contributed by atoms with E-state index in [2.05, 4.69) is 9.97 Å². The fourth-order valence-corrected chi connectivity index (χ4v) is 1.25. The summed E-state index contributed by atoms with van der Waals surface area (Å²) < 4.78 is 0. The van der Waals surface area contributed by atoms with Crippen molar-refractivity contribution in [3.8, 4) is 23.2 Å². The van der Waals surface area contributed by atoms with Crippen molar-refractivity contribution in [1.29, 1.82) is 5.26 Å². The number of hydrogen-bond donors (Lipinski definition) is 1. The van der Waals surface area contributed by atoms with Crippen LogP contribution in [0.2, 0.25) is 0 Å². The molecule has 1 aromatic carbocycles. The smallest absolute Gasteiger partial charge is 0.214 e. The molecule has 0 amide bonds. The Hall–Kier alpha value is -2.41. The minimum Gasteiger partial charge on any atom is -0.493 e. The van der Waals surface area contributed by atoms with Gasteiger partial charge in [0.1, 0.15) is 6.33 Å².